The monoisotopic (exact) mass is 362 g/mol. The zero-order valence-corrected chi connectivity index (χ0v) is 14.5. The lowest BCUT2D eigenvalue weighted by molar-refractivity contribution is -0.122. The summed E-state index contributed by atoms with van der Waals surface area (Å²) in [7, 11) is 0. The summed E-state index contributed by atoms with van der Waals surface area (Å²) in [5.74, 6) is -1.02. The zero-order valence-electron chi connectivity index (χ0n) is 13.0. The van der Waals surface area contributed by atoms with Crippen molar-refractivity contribution in [2.45, 2.75) is 13.3 Å². The fourth-order valence-corrected chi connectivity index (χ4v) is 2.87. The molecule has 0 aliphatic heterocycles. The standard InChI is InChI=1S/C18H16Cl2N2O2/c1-10-4-2-3-5-15(10)21-17(23)12-9-13(12)18(24)22-16-8-11(19)6-7-14(16)20/h2-8,12-13H,9H2,1H3,(H,21,23)(H,22,24). The van der Waals surface area contributed by atoms with Crippen molar-refractivity contribution in [2.75, 3.05) is 10.6 Å². The molecule has 2 N–H and O–H groups in total. The van der Waals surface area contributed by atoms with Crippen LogP contribution in [0.25, 0.3) is 0 Å². The van der Waals surface area contributed by atoms with Crippen LogP contribution >= 0.6 is 23.2 Å². The average Bonchev–Trinajstić information content (AvgIpc) is 3.34. The number of hydrogen-bond acceptors (Lipinski definition) is 2. The Labute approximate surface area is 150 Å². The van der Waals surface area contributed by atoms with E-state index in [9.17, 15) is 9.59 Å². The van der Waals surface area contributed by atoms with Gasteiger partial charge in [-0.1, -0.05) is 41.4 Å². The molecule has 0 aromatic heterocycles. The van der Waals surface area contributed by atoms with Crippen molar-refractivity contribution in [1.29, 1.82) is 0 Å². The number of rotatable bonds is 4. The van der Waals surface area contributed by atoms with Gasteiger partial charge in [0.2, 0.25) is 11.8 Å². The number of nitrogens with one attached hydrogen (secondary N) is 2. The minimum Gasteiger partial charge on any atom is -0.326 e. The number of para-hydroxylation sites is 1. The molecular weight excluding hydrogens is 347 g/mol. The number of carbonyl (C=O) groups is 2. The molecule has 1 saturated carbocycles. The summed E-state index contributed by atoms with van der Waals surface area (Å²) in [6, 6.07) is 12.4. The Hall–Kier alpha value is -2.04. The van der Waals surface area contributed by atoms with Crippen molar-refractivity contribution >= 4 is 46.4 Å². The maximum atomic E-state index is 12.3. The minimum atomic E-state index is -0.343. The van der Waals surface area contributed by atoms with Gasteiger partial charge in [-0.15, -0.1) is 0 Å². The van der Waals surface area contributed by atoms with Crippen LogP contribution in [0.5, 0.6) is 0 Å². The molecule has 1 fully saturated rings. The summed E-state index contributed by atoms with van der Waals surface area (Å²) in [5.41, 5.74) is 2.21. The summed E-state index contributed by atoms with van der Waals surface area (Å²) in [4.78, 5) is 24.6. The maximum Gasteiger partial charge on any atom is 0.228 e. The highest BCUT2D eigenvalue weighted by atomic mass is 35.5. The second-order valence-electron chi connectivity index (χ2n) is 5.87. The highest BCUT2D eigenvalue weighted by Gasteiger charge is 2.48. The molecule has 124 valence electrons. The summed E-state index contributed by atoms with van der Waals surface area (Å²) >= 11 is 11.9. The highest BCUT2D eigenvalue weighted by Crippen LogP contribution is 2.41. The quantitative estimate of drug-likeness (QED) is 0.839. The molecule has 24 heavy (non-hydrogen) atoms. The van der Waals surface area contributed by atoms with Gasteiger partial charge in [-0.3, -0.25) is 9.59 Å². The molecule has 0 radical (unpaired) electrons. The zero-order chi connectivity index (χ0) is 17.3. The number of amides is 2. The van der Waals surface area contributed by atoms with Gasteiger partial charge in [0.25, 0.3) is 0 Å². The van der Waals surface area contributed by atoms with Crippen molar-refractivity contribution in [2.24, 2.45) is 11.8 Å². The second kappa shape index (κ2) is 6.83. The third kappa shape index (κ3) is 3.71. The van der Waals surface area contributed by atoms with E-state index in [1.807, 2.05) is 31.2 Å². The van der Waals surface area contributed by atoms with Gasteiger partial charge in [0.05, 0.1) is 22.5 Å². The Balaban J connectivity index is 1.60. The number of benzene rings is 2. The van der Waals surface area contributed by atoms with E-state index in [1.54, 1.807) is 18.2 Å². The van der Waals surface area contributed by atoms with Crippen LogP contribution in [-0.2, 0) is 9.59 Å². The van der Waals surface area contributed by atoms with Gasteiger partial charge in [-0.05, 0) is 43.2 Å². The molecule has 0 spiro atoms. The molecule has 1 aliphatic carbocycles. The smallest absolute Gasteiger partial charge is 0.228 e. The SMILES string of the molecule is Cc1ccccc1NC(=O)C1CC1C(=O)Nc1cc(Cl)ccc1Cl. The minimum absolute atomic E-state index is 0.137. The Morgan fingerprint density at radius 3 is 2.25 bits per heavy atom. The second-order valence-corrected chi connectivity index (χ2v) is 6.71. The van der Waals surface area contributed by atoms with Gasteiger partial charge in [0.15, 0.2) is 0 Å². The van der Waals surface area contributed by atoms with Gasteiger partial charge >= 0.3 is 0 Å². The molecular formula is C18H16Cl2N2O2. The van der Waals surface area contributed by atoms with Gasteiger partial charge in [0, 0.05) is 10.7 Å². The summed E-state index contributed by atoms with van der Waals surface area (Å²) in [6.45, 7) is 1.92. The first-order valence-electron chi connectivity index (χ1n) is 7.58. The number of hydrogen-bond donors (Lipinski definition) is 2. The van der Waals surface area contributed by atoms with Crippen LogP contribution in [0.2, 0.25) is 10.0 Å². The predicted octanol–water partition coefficient (Wildman–Crippen LogP) is 4.52. The Kier molecular flexibility index (Phi) is 4.78. The number of halogens is 2. The molecule has 0 heterocycles. The van der Waals surface area contributed by atoms with E-state index in [1.165, 1.54) is 0 Å². The summed E-state index contributed by atoms with van der Waals surface area (Å²) < 4.78 is 0. The van der Waals surface area contributed by atoms with Crippen molar-refractivity contribution < 1.29 is 9.59 Å². The fourth-order valence-electron chi connectivity index (χ4n) is 2.53. The van der Waals surface area contributed by atoms with Crippen LogP contribution in [-0.4, -0.2) is 11.8 Å². The molecule has 2 unspecified atom stereocenters. The lowest BCUT2D eigenvalue weighted by Crippen LogP contribution is -2.21. The molecule has 0 bridgehead atoms. The lowest BCUT2D eigenvalue weighted by Gasteiger charge is -2.09. The van der Waals surface area contributed by atoms with E-state index < -0.39 is 0 Å². The largest absolute Gasteiger partial charge is 0.326 e. The van der Waals surface area contributed by atoms with Gasteiger partial charge in [0.1, 0.15) is 0 Å². The number of aryl methyl sites for hydroxylation is 1. The van der Waals surface area contributed by atoms with Crippen LogP contribution in [0.1, 0.15) is 12.0 Å². The van der Waals surface area contributed by atoms with Crippen LogP contribution < -0.4 is 10.6 Å². The Morgan fingerprint density at radius 2 is 1.58 bits per heavy atom. The average molecular weight is 363 g/mol. The van der Waals surface area contributed by atoms with Crippen molar-refractivity contribution in [1.82, 2.24) is 0 Å². The fraction of sp³-hybridized carbons (Fsp3) is 0.222. The molecule has 3 rings (SSSR count). The third-order valence-corrected chi connectivity index (χ3v) is 4.62. The Bertz CT molecular complexity index is 807. The summed E-state index contributed by atoms with van der Waals surface area (Å²) in [5, 5.41) is 6.51. The van der Waals surface area contributed by atoms with Gasteiger partial charge < -0.3 is 10.6 Å². The Morgan fingerprint density at radius 1 is 0.958 bits per heavy atom. The maximum absolute atomic E-state index is 12.3. The summed E-state index contributed by atoms with van der Waals surface area (Å²) in [6.07, 6.45) is 0.529. The van der Waals surface area contributed by atoms with Gasteiger partial charge in [-0.2, -0.15) is 0 Å². The molecule has 2 aromatic rings. The van der Waals surface area contributed by atoms with Crippen molar-refractivity contribution in [3.05, 3.63) is 58.1 Å². The highest BCUT2D eigenvalue weighted by molar-refractivity contribution is 6.35. The third-order valence-electron chi connectivity index (χ3n) is 4.05. The molecule has 6 heteroatoms. The van der Waals surface area contributed by atoms with Crippen LogP contribution in [0.15, 0.2) is 42.5 Å². The van der Waals surface area contributed by atoms with E-state index in [0.29, 0.717) is 22.2 Å². The van der Waals surface area contributed by atoms with E-state index in [-0.39, 0.29) is 23.7 Å². The number of anilines is 2. The molecule has 2 amide bonds. The van der Waals surface area contributed by atoms with Crippen LogP contribution in [0, 0.1) is 18.8 Å². The van der Waals surface area contributed by atoms with Gasteiger partial charge in [-0.25, -0.2) is 0 Å². The van der Waals surface area contributed by atoms with E-state index >= 15 is 0 Å². The molecule has 2 aromatic carbocycles. The van der Waals surface area contributed by atoms with Crippen molar-refractivity contribution in [3.63, 3.8) is 0 Å². The van der Waals surface area contributed by atoms with E-state index in [4.69, 9.17) is 23.2 Å². The normalized spacial score (nSPS) is 18.8. The lowest BCUT2D eigenvalue weighted by atomic mass is 10.2. The molecule has 1 aliphatic rings. The predicted molar refractivity (Wildman–Crippen MR) is 96.5 cm³/mol. The molecule has 0 saturated heterocycles. The molecule has 2 atom stereocenters. The van der Waals surface area contributed by atoms with E-state index in [2.05, 4.69) is 10.6 Å². The van der Waals surface area contributed by atoms with Crippen LogP contribution in [0.4, 0.5) is 11.4 Å². The molecule has 4 nitrogen and oxygen atoms in total. The first-order valence-corrected chi connectivity index (χ1v) is 8.33. The first kappa shape index (κ1) is 16.8. The van der Waals surface area contributed by atoms with Crippen LogP contribution in [0.3, 0.4) is 0 Å². The number of carbonyl (C=O) groups excluding carboxylic acids is 2. The van der Waals surface area contributed by atoms with Crippen molar-refractivity contribution in [3.8, 4) is 0 Å². The van der Waals surface area contributed by atoms with E-state index in [0.717, 1.165) is 11.3 Å². The topological polar surface area (TPSA) is 58.2 Å². The first-order chi connectivity index (χ1) is 11.5.